The molecule has 2 heterocycles. The van der Waals surface area contributed by atoms with E-state index in [4.69, 9.17) is 18.9 Å². The van der Waals surface area contributed by atoms with Crippen molar-refractivity contribution in [1.29, 1.82) is 0 Å². The molecule has 5 atom stereocenters. The lowest BCUT2D eigenvalue weighted by molar-refractivity contribution is -0.218. The predicted octanol–water partition coefficient (Wildman–Crippen LogP) is 2.74. The molecule has 1 aromatic rings. The minimum Gasteiger partial charge on any atom is -0.456 e. The zero-order chi connectivity index (χ0) is 15.9. The highest BCUT2D eigenvalue weighted by molar-refractivity contribution is 5.89. The molecule has 5 heteroatoms. The lowest BCUT2D eigenvalue weighted by atomic mass is 9.97. The normalized spacial score (nSPS) is 34.2. The summed E-state index contributed by atoms with van der Waals surface area (Å²) in [6.45, 7) is 7.62. The number of carbonyl (C=O) groups is 1. The van der Waals surface area contributed by atoms with Crippen LogP contribution in [0.3, 0.4) is 0 Å². The van der Waals surface area contributed by atoms with E-state index in [1.807, 2.05) is 45.9 Å². The second-order valence-corrected chi connectivity index (χ2v) is 6.40. The summed E-state index contributed by atoms with van der Waals surface area (Å²) in [7, 11) is 0. The summed E-state index contributed by atoms with van der Waals surface area (Å²) in [5, 5.41) is 0. The number of carbonyl (C=O) groups excluding carboxylic acids is 1. The summed E-state index contributed by atoms with van der Waals surface area (Å²) in [5.41, 5.74) is 0.536. The van der Waals surface area contributed by atoms with Crippen molar-refractivity contribution < 1.29 is 23.7 Å². The highest BCUT2D eigenvalue weighted by atomic mass is 16.8. The maximum absolute atomic E-state index is 12.1. The fourth-order valence-corrected chi connectivity index (χ4v) is 3.10. The smallest absolute Gasteiger partial charge is 0.338 e. The van der Waals surface area contributed by atoms with Crippen LogP contribution >= 0.6 is 0 Å². The monoisotopic (exact) mass is 306 g/mol. The summed E-state index contributed by atoms with van der Waals surface area (Å²) in [5.74, 6) is -0.883. The Labute approximate surface area is 130 Å². The summed E-state index contributed by atoms with van der Waals surface area (Å²) in [6.07, 6.45) is -1.13. The molecule has 120 valence electrons. The molecule has 5 unspecified atom stereocenters. The summed E-state index contributed by atoms with van der Waals surface area (Å²) < 4.78 is 23.0. The molecule has 0 aliphatic carbocycles. The van der Waals surface area contributed by atoms with Gasteiger partial charge in [0.25, 0.3) is 0 Å². The molecule has 0 N–H and O–H groups in total. The van der Waals surface area contributed by atoms with Crippen molar-refractivity contribution in [2.75, 3.05) is 0 Å². The van der Waals surface area contributed by atoms with E-state index < -0.39 is 12.1 Å². The molecule has 0 bridgehead atoms. The first-order valence-electron chi connectivity index (χ1n) is 7.64. The van der Waals surface area contributed by atoms with Gasteiger partial charge < -0.3 is 18.9 Å². The van der Waals surface area contributed by atoms with E-state index in [1.54, 1.807) is 12.1 Å². The molecule has 5 nitrogen and oxygen atoms in total. The molecule has 2 saturated heterocycles. The highest BCUT2D eigenvalue weighted by Gasteiger charge is 2.54. The molecule has 2 aliphatic rings. The van der Waals surface area contributed by atoms with Gasteiger partial charge in [0.05, 0.1) is 5.56 Å². The van der Waals surface area contributed by atoms with Crippen LogP contribution in [-0.2, 0) is 18.9 Å². The number of fused-ring (bicyclic) bond motifs is 1. The molecule has 0 saturated carbocycles. The van der Waals surface area contributed by atoms with Crippen LogP contribution < -0.4 is 0 Å². The van der Waals surface area contributed by atoms with E-state index in [-0.39, 0.29) is 30.2 Å². The SMILES string of the molecule is CC(OC(=O)c1ccccc1)C1OC2OC(C)(C)OC2C1C. The van der Waals surface area contributed by atoms with Gasteiger partial charge in [0.1, 0.15) is 18.3 Å². The molecular weight excluding hydrogens is 284 g/mol. The average Bonchev–Trinajstić information content (AvgIpc) is 2.93. The largest absolute Gasteiger partial charge is 0.456 e. The number of esters is 1. The topological polar surface area (TPSA) is 54.0 Å². The van der Waals surface area contributed by atoms with Crippen molar-refractivity contribution in [2.45, 2.75) is 58.1 Å². The van der Waals surface area contributed by atoms with Crippen LogP contribution in [0.5, 0.6) is 0 Å². The van der Waals surface area contributed by atoms with Crippen LogP contribution in [0.25, 0.3) is 0 Å². The van der Waals surface area contributed by atoms with E-state index in [0.717, 1.165) is 0 Å². The minimum atomic E-state index is -0.626. The molecule has 3 rings (SSSR count). The third-order valence-electron chi connectivity index (χ3n) is 4.18. The molecule has 2 fully saturated rings. The van der Waals surface area contributed by atoms with Gasteiger partial charge in [-0.25, -0.2) is 4.79 Å². The Bertz CT molecular complexity index is 541. The number of hydrogen-bond acceptors (Lipinski definition) is 5. The fourth-order valence-electron chi connectivity index (χ4n) is 3.10. The maximum Gasteiger partial charge on any atom is 0.338 e. The first-order chi connectivity index (χ1) is 10.4. The molecule has 0 spiro atoms. The third-order valence-corrected chi connectivity index (χ3v) is 4.18. The van der Waals surface area contributed by atoms with E-state index in [9.17, 15) is 4.79 Å². The first kappa shape index (κ1) is 15.5. The molecular formula is C17H22O5. The van der Waals surface area contributed by atoms with Gasteiger partial charge in [-0.15, -0.1) is 0 Å². The maximum atomic E-state index is 12.1. The Morgan fingerprint density at radius 3 is 2.55 bits per heavy atom. The summed E-state index contributed by atoms with van der Waals surface area (Å²) in [6, 6.07) is 8.95. The van der Waals surface area contributed by atoms with Crippen molar-refractivity contribution in [3.8, 4) is 0 Å². The molecule has 0 amide bonds. The van der Waals surface area contributed by atoms with Gasteiger partial charge in [0.15, 0.2) is 12.1 Å². The Morgan fingerprint density at radius 1 is 1.23 bits per heavy atom. The van der Waals surface area contributed by atoms with Crippen LogP contribution in [0.2, 0.25) is 0 Å². The van der Waals surface area contributed by atoms with Crippen molar-refractivity contribution in [1.82, 2.24) is 0 Å². The third kappa shape index (κ3) is 2.89. The van der Waals surface area contributed by atoms with Crippen LogP contribution in [0.1, 0.15) is 38.1 Å². The standard InChI is InChI=1S/C17H22O5/c1-10-13(20-16-14(10)21-17(3,4)22-16)11(2)19-15(18)12-8-6-5-7-9-12/h5-11,13-14,16H,1-4H3. The van der Waals surface area contributed by atoms with E-state index >= 15 is 0 Å². The number of ether oxygens (including phenoxy) is 4. The fraction of sp³-hybridized carbons (Fsp3) is 0.588. The Hall–Kier alpha value is -1.43. The summed E-state index contributed by atoms with van der Waals surface area (Å²) >= 11 is 0. The van der Waals surface area contributed by atoms with Gasteiger partial charge in [-0.1, -0.05) is 25.1 Å². The number of benzene rings is 1. The zero-order valence-corrected chi connectivity index (χ0v) is 13.3. The number of hydrogen-bond donors (Lipinski definition) is 0. The van der Waals surface area contributed by atoms with Crippen molar-refractivity contribution >= 4 is 5.97 Å². The zero-order valence-electron chi connectivity index (χ0n) is 13.3. The quantitative estimate of drug-likeness (QED) is 0.804. The second kappa shape index (κ2) is 5.65. The molecule has 22 heavy (non-hydrogen) atoms. The highest BCUT2D eigenvalue weighted by Crippen LogP contribution is 2.41. The Balaban J connectivity index is 1.62. The van der Waals surface area contributed by atoms with Gasteiger partial charge in [-0.2, -0.15) is 0 Å². The molecule has 0 radical (unpaired) electrons. The molecule has 2 aliphatic heterocycles. The van der Waals surface area contributed by atoms with Crippen LogP contribution in [0, 0.1) is 5.92 Å². The Morgan fingerprint density at radius 2 is 1.91 bits per heavy atom. The predicted molar refractivity (Wildman–Crippen MR) is 79.2 cm³/mol. The van der Waals surface area contributed by atoms with Gasteiger partial charge in [-0.05, 0) is 32.9 Å². The van der Waals surface area contributed by atoms with Gasteiger partial charge in [0, 0.05) is 5.92 Å². The number of rotatable bonds is 3. The first-order valence-corrected chi connectivity index (χ1v) is 7.64. The molecule has 1 aromatic carbocycles. The average molecular weight is 306 g/mol. The lowest BCUT2D eigenvalue weighted by Crippen LogP contribution is -2.36. The van der Waals surface area contributed by atoms with Crippen molar-refractivity contribution in [3.63, 3.8) is 0 Å². The summed E-state index contributed by atoms with van der Waals surface area (Å²) in [4.78, 5) is 12.1. The van der Waals surface area contributed by atoms with Crippen LogP contribution in [0.15, 0.2) is 30.3 Å². The van der Waals surface area contributed by atoms with E-state index in [1.165, 1.54) is 0 Å². The van der Waals surface area contributed by atoms with E-state index in [0.29, 0.717) is 5.56 Å². The van der Waals surface area contributed by atoms with E-state index in [2.05, 4.69) is 0 Å². The van der Waals surface area contributed by atoms with Gasteiger partial charge in [0.2, 0.25) is 0 Å². The molecule has 0 aromatic heterocycles. The van der Waals surface area contributed by atoms with Crippen LogP contribution in [-0.4, -0.2) is 36.4 Å². The minimum absolute atomic E-state index is 0.0883. The second-order valence-electron chi connectivity index (χ2n) is 6.40. The van der Waals surface area contributed by atoms with Crippen LogP contribution in [0.4, 0.5) is 0 Å². The lowest BCUT2D eigenvalue weighted by Gasteiger charge is -2.27. The van der Waals surface area contributed by atoms with Gasteiger partial charge >= 0.3 is 5.97 Å². The van der Waals surface area contributed by atoms with Crippen molar-refractivity contribution in [2.24, 2.45) is 5.92 Å². The Kier molecular flexibility index (Phi) is 3.97. The van der Waals surface area contributed by atoms with Crippen molar-refractivity contribution in [3.05, 3.63) is 35.9 Å². The van der Waals surface area contributed by atoms with Gasteiger partial charge in [-0.3, -0.25) is 0 Å².